The number of nitrogens with zero attached hydrogens (tertiary/aromatic N) is 3. The molecule has 0 spiro atoms. The summed E-state index contributed by atoms with van der Waals surface area (Å²) in [6.45, 7) is 7.08. The molecule has 1 unspecified atom stereocenters. The minimum atomic E-state index is -0.0898. The summed E-state index contributed by atoms with van der Waals surface area (Å²) in [5.74, 6) is 0. The first-order chi connectivity index (χ1) is 9.56. The summed E-state index contributed by atoms with van der Waals surface area (Å²) in [5.41, 5.74) is 1.86. The lowest BCUT2D eigenvalue weighted by molar-refractivity contribution is 0.472. The van der Waals surface area contributed by atoms with Gasteiger partial charge in [0.1, 0.15) is 0 Å². The molecule has 6 heteroatoms. The van der Waals surface area contributed by atoms with Gasteiger partial charge in [0.25, 0.3) is 0 Å². The number of aromatic nitrogens is 3. The molecule has 0 saturated carbocycles. The van der Waals surface area contributed by atoms with Crippen molar-refractivity contribution in [1.82, 2.24) is 20.1 Å². The van der Waals surface area contributed by atoms with E-state index in [9.17, 15) is 0 Å². The normalized spacial score (nSPS) is 12.9. The molecule has 1 N–H and O–H groups in total. The standard InChI is InChI=1S/C14H18BrClN4/c1-4-17-13(12-11(16)6-5-7-18-12)14-10(15)8-19-20(14)9(2)3/h5-9,13,17H,4H2,1-3H3. The van der Waals surface area contributed by atoms with Gasteiger partial charge in [-0.3, -0.25) is 9.67 Å². The van der Waals surface area contributed by atoms with Crippen molar-refractivity contribution in [3.8, 4) is 0 Å². The van der Waals surface area contributed by atoms with Crippen molar-refractivity contribution >= 4 is 27.5 Å². The molecule has 0 bridgehead atoms. The second-order valence-electron chi connectivity index (χ2n) is 4.78. The monoisotopic (exact) mass is 356 g/mol. The zero-order chi connectivity index (χ0) is 14.7. The zero-order valence-electron chi connectivity index (χ0n) is 11.8. The smallest absolute Gasteiger partial charge is 0.0948 e. The molecule has 2 aromatic heterocycles. The van der Waals surface area contributed by atoms with Crippen LogP contribution in [0.3, 0.4) is 0 Å². The molecule has 4 nitrogen and oxygen atoms in total. The van der Waals surface area contributed by atoms with E-state index in [1.807, 2.05) is 23.0 Å². The minimum absolute atomic E-state index is 0.0898. The largest absolute Gasteiger partial charge is 0.304 e. The fourth-order valence-electron chi connectivity index (χ4n) is 2.17. The zero-order valence-corrected chi connectivity index (χ0v) is 14.1. The lowest BCUT2D eigenvalue weighted by Gasteiger charge is -2.22. The third kappa shape index (κ3) is 3.05. The first-order valence-corrected chi connectivity index (χ1v) is 7.80. The van der Waals surface area contributed by atoms with Gasteiger partial charge in [-0.1, -0.05) is 18.5 Å². The van der Waals surface area contributed by atoms with Crippen LogP contribution in [0.5, 0.6) is 0 Å². The Labute approximate surface area is 132 Å². The molecule has 0 amide bonds. The minimum Gasteiger partial charge on any atom is -0.304 e. The first kappa shape index (κ1) is 15.5. The fourth-order valence-corrected chi connectivity index (χ4v) is 2.90. The molecular weight excluding hydrogens is 340 g/mol. The van der Waals surface area contributed by atoms with E-state index in [2.05, 4.69) is 52.1 Å². The molecule has 20 heavy (non-hydrogen) atoms. The van der Waals surface area contributed by atoms with E-state index in [-0.39, 0.29) is 12.1 Å². The van der Waals surface area contributed by atoms with E-state index in [0.29, 0.717) is 5.02 Å². The third-order valence-corrected chi connectivity index (χ3v) is 3.95. The van der Waals surface area contributed by atoms with Gasteiger partial charge in [-0.05, 0) is 48.5 Å². The van der Waals surface area contributed by atoms with Crippen LogP contribution in [0.15, 0.2) is 29.0 Å². The quantitative estimate of drug-likeness (QED) is 0.880. The number of pyridine rings is 1. The van der Waals surface area contributed by atoms with Crippen molar-refractivity contribution in [3.63, 3.8) is 0 Å². The summed E-state index contributed by atoms with van der Waals surface area (Å²) in [4.78, 5) is 4.44. The highest BCUT2D eigenvalue weighted by molar-refractivity contribution is 9.10. The van der Waals surface area contributed by atoms with Gasteiger partial charge in [-0.15, -0.1) is 0 Å². The fraction of sp³-hybridized carbons (Fsp3) is 0.429. The Morgan fingerprint density at radius 1 is 1.45 bits per heavy atom. The second kappa shape index (κ2) is 6.70. The van der Waals surface area contributed by atoms with Gasteiger partial charge in [-0.25, -0.2) is 0 Å². The summed E-state index contributed by atoms with van der Waals surface area (Å²) in [5, 5.41) is 8.53. The van der Waals surface area contributed by atoms with Gasteiger partial charge < -0.3 is 5.32 Å². The highest BCUT2D eigenvalue weighted by Crippen LogP contribution is 2.32. The van der Waals surface area contributed by atoms with Crippen molar-refractivity contribution in [2.24, 2.45) is 0 Å². The summed E-state index contributed by atoms with van der Waals surface area (Å²) >= 11 is 9.89. The third-order valence-electron chi connectivity index (χ3n) is 3.02. The molecule has 2 rings (SSSR count). The van der Waals surface area contributed by atoms with Crippen LogP contribution in [0, 0.1) is 0 Å². The molecule has 2 heterocycles. The summed E-state index contributed by atoms with van der Waals surface area (Å²) < 4.78 is 2.95. The van der Waals surface area contributed by atoms with Gasteiger partial charge in [0.15, 0.2) is 0 Å². The molecule has 0 radical (unpaired) electrons. The molecule has 0 aromatic carbocycles. The van der Waals surface area contributed by atoms with Crippen molar-refractivity contribution in [3.05, 3.63) is 45.4 Å². The molecule has 0 fully saturated rings. The highest BCUT2D eigenvalue weighted by atomic mass is 79.9. The van der Waals surface area contributed by atoms with Crippen molar-refractivity contribution in [1.29, 1.82) is 0 Å². The SMILES string of the molecule is CCNC(c1ncccc1Cl)c1c(Br)cnn1C(C)C. The summed E-state index contributed by atoms with van der Waals surface area (Å²) in [6.07, 6.45) is 3.58. The number of halogens is 2. The van der Waals surface area contributed by atoms with Gasteiger partial charge in [-0.2, -0.15) is 5.10 Å². The van der Waals surface area contributed by atoms with Crippen LogP contribution in [0.2, 0.25) is 5.02 Å². The van der Waals surface area contributed by atoms with E-state index >= 15 is 0 Å². The molecular formula is C14H18BrClN4. The summed E-state index contributed by atoms with van der Waals surface area (Å²) in [7, 11) is 0. The molecule has 2 aromatic rings. The summed E-state index contributed by atoms with van der Waals surface area (Å²) in [6, 6.07) is 3.87. The second-order valence-corrected chi connectivity index (χ2v) is 6.04. The average molecular weight is 358 g/mol. The lowest BCUT2D eigenvalue weighted by Crippen LogP contribution is -2.27. The molecule has 108 valence electrons. The lowest BCUT2D eigenvalue weighted by atomic mass is 10.1. The number of hydrogen-bond acceptors (Lipinski definition) is 3. The van der Waals surface area contributed by atoms with Gasteiger partial charge >= 0.3 is 0 Å². The molecule has 1 atom stereocenters. The average Bonchev–Trinajstić information content (AvgIpc) is 2.79. The maximum atomic E-state index is 6.31. The van der Waals surface area contributed by atoms with Crippen LogP contribution in [-0.4, -0.2) is 21.3 Å². The Morgan fingerprint density at radius 2 is 2.20 bits per heavy atom. The first-order valence-electron chi connectivity index (χ1n) is 6.63. The van der Waals surface area contributed by atoms with E-state index in [1.165, 1.54) is 0 Å². The number of hydrogen-bond donors (Lipinski definition) is 1. The highest BCUT2D eigenvalue weighted by Gasteiger charge is 2.25. The molecule has 0 aliphatic carbocycles. The molecule has 0 aliphatic rings. The molecule has 0 aliphatic heterocycles. The van der Waals surface area contributed by atoms with Crippen LogP contribution in [0.1, 0.15) is 44.2 Å². The number of rotatable bonds is 5. The number of nitrogens with one attached hydrogen (secondary N) is 1. The van der Waals surface area contributed by atoms with E-state index in [4.69, 9.17) is 11.6 Å². The van der Waals surface area contributed by atoms with Crippen LogP contribution < -0.4 is 5.32 Å². The van der Waals surface area contributed by atoms with Crippen LogP contribution in [0.25, 0.3) is 0 Å². The Balaban J connectivity index is 2.55. The predicted octanol–water partition coefficient (Wildman–Crippen LogP) is 3.97. The van der Waals surface area contributed by atoms with Crippen molar-refractivity contribution in [2.45, 2.75) is 32.9 Å². The topological polar surface area (TPSA) is 42.7 Å². The van der Waals surface area contributed by atoms with E-state index in [1.54, 1.807) is 6.20 Å². The van der Waals surface area contributed by atoms with Gasteiger partial charge in [0.05, 0.1) is 33.1 Å². The maximum absolute atomic E-state index is 6.31. The van der Waals surface area contributed by atoms with Crippen LogP contribution in [0.4, 0.5) is 0 Å². The Kier molecular flexibility index (Phi) is 5.18. The Hall–Kier alpha value is -0.910. The Bertz CT molecular complexity index is 582. The van der Waals surface area contributed by atoms with Gasteiger partial charge in [0, 0.05) is 12.2 Å². The molecule has 0 saturated heterocycles. The van der Waals surface area contributed by atoms with Gasteiger partial charge in [0.2, 0.25) is 0 Å². The van der Waals surface area contributed by atoms with Crippen LogP contribution in [-0.2, 0) is 0 Å². The Morgan fingerprint density at radius 3 is 2.80 bits per heavy atom. The van der Waals surface area contributed by atoms with Crippen molar-refractivity contribution in [2.75, 3.05) is 6.54 Å². The van der Waals surface area contributed by atoms with E-state index < -0.39 is 0 Å². The van der Waals surface area contributed by atoms with Crippen molar-refractivity contribution < 1.29 is 0 Å². The predicted molar refractivity (Wildman–Crippen MR) is 85.1 cm³/mol. The van der Waals surface area contributed by atoms with E-state index in [0.717, 1.165) is 22.4 Å². The maximum Gasteiger partial charge on any atom is 0.0948 e. The van der Waals surface area contributed by atoms with Crippen LogP contribution >= 0.6 is 27.5 Å².